The minimum Gasteiger partial charge on any atom is -0.256 e. The number of pyridine rings is 2. The molecule has 4 heteroatoms. The summed E-state index contributed by atoms with van der Waals surface area (Å²) in [4.78, 5) is 9.02. The summed E-state index contributed by atoms with van der Waals surface area (Å²) in [6, 6.07) is 60.1. The Morgan fingerprint density at radius 1 is 0.358 bits per heavy atom. The highest BCUT2D eigenvalue weighted by Crippen LogP contribution is 2.63. The van der Waals surface area contributed by atoms with Gasteiger partial charge in [0.25, 0.3) is 0 Å². The first-order valence-electron chi connectivity index (χ1n) is 17.6. The molecule has 8 aromatic rings. The largest absolute Gasteiger partial charge is 0.256 e. The first-order valence-corrected chi connectivity index (χ1v) is 17.6. The van der Waals surface area contributed by atoms with Crippen LogP contribution in [0.25, 0.3) is 67.0 Å². The number of fused-ring (bicyclic) bond motifs is 10. The second-order valence-corrected chi connectivity index (χ2v) is 13.6. The number of rotatable bonds is 4. The van der Waals surface area contributed by atoms with Crippen molar-refractivity contribution in [1.29, 1.82) is 10.5 Å². The second-order valence-electron chi connectivity index (χ2n) is 13.6. The number of nitriles is 2. The van der Waals surface area contributed by atoms with Crippen LogP contribution in [0.4, 0.5) is 0 Å². The normalized spacial score (nSPS) is 12.6. The van der Waals surface area contributed by atoms with E-state index in [1.807, 2.05) is 12.1 Å². The number of nitrogens with zero attached hydrogens (tertiary/aromatic N) is 4. The number of hydrogen-bond acceptors (Lipinski definition) is 4. The first kappa shape index (κ1) is 30.4. The van der Waals surface area contributed by atoms with Crippen molar-refractivity contribution in [1.82, 2.24) is 9.97 Å². The van der Waals surface area contributed by atoms with Gasteiger partial charge in [-0.1, -0.05) is 121 Å². The van der Waals surface area contributed by atoms with E-state index in [-0.39, 0.29) is 0 Å². The summed E-state index contributed by atoms with van der Waals surface area (Å²) in [7, 11) is 0. The molecule has 0 fully saturated rings. The van der Waals surface area contributed by atoms with Gasteiger partial charge in [0.05, 0.1) is 40.1 Å². The van der Waals surface area contributed by atoms with Gasteiger partial charge in [0.2, 0.25) is 0 Å². The molecule has 0 N–H and O–H groups in total. The zero-order chi connectivity index (χ0) is 35.5. The van der Waals surface area contributed by atoms with E-state index in [0.717, 1.165) is 44.8 Å². The van der Waals surface area contributed by atoms with Gasteiger partial charge in [-0.25, -0.2) is 0 Å². The molecule has 53 heavy (non-hydrogen) atoms. The second kappa shape index (κ2) is 11.8. The molecule has 0 bridgehead atoms. The van der Waals surface area contributed by atoms with Gasteiger partial charge in [-0.3, -0.25) is 9.97 Å². The Morgan fingerprint density at radius 2 is 0.736 bits per heavy atom. The smallest absolute Gasteiger partial charge is 0.0992 e. The standard InChI is InChI=1S/C49H28N4/c50-29-31-21-23-52-47(25-31)35-13-9-33(10-14-35)37-17-19-41-42-20-18-38(34-11-15-36(16-12-34)48-26-32(30-51)22-24-53-48)28-46(42)49(45(41)27-37)43-7-3-1-5-39(43)40-6-2-4-8-44(40)49/h1-28H. The van der Waals surface area contributed by atoms with Gasteiger partial charge in [-0.2, -0.15) is 10.5 Å². The molecule has 0 radical (unpaired) electrons. The van der Waals surface area contributed by atoms with E-state index in [0.29, 0.717) is 11.1 Å². The average molecular weight is 673 g/mol. The van der Waals surface area contributed by atoms with Crippen LogP contribution >= 0.6 is 0 Å². The highest BCUT2D eigenvalue weighted by Gasteiger charge is 2.51. The highest BCUT2D eigenvalue weighted by molar-refractivity contribution is 5.97. The van der Waals surface area contributed by atoms with Crippen molar-refractivity contribution in [3.05, 3.63) is 203 Å². The van der Waals surface area contributed by atoms with Crippen molar-refractivity contribution >= 4 is 0 Å². The summed E-state index contributed by atoms with van der Waals surface area (Å²) < 4.78 is 0. The predicted molar refractivity (Wildman–Crippen MR) is 210 cm³/mol. The van der Waals surface area contributed by atoms with E-state index in [4.69, 9.17) is 0 Å². The lowest BCUT2D eigenvalue weighted by molar-refractivity contribution is 0.794. The van der Waals surface area contributed by atoms with E-state index in [9.17, 15) is 10.5 Å². The van der Waals surface area contributed by atoms with Crippen molar-refractivity contribution in [2.24, 2.45) is 0 Å². The van der Waals surface area contributed by atoms with Gasteiger partial charge in [-0.05, 0) is 103 Å². The summed E-state index contributed by atoms with van der Waals surface area (Å²) in [5, 5.41) is 18.8. The van der Waals surface area contributed by atoms with Gasteiger partial charge in [0.15, 0.2) is 0 Å². The summed E-state index contributed by atoms with van der Waals surface area (Å²) in [6.07, 6.45) is 3.37. The molecule has 0 aliphatic heterocycles. The van der Waals surface area contributed by atoms with Crippen LogP contribution < -0.4 is 0 Å². The van der Waals surface area contributed by atoms with Crippen molar-refractivity contribution in [3.63, 3.8) is 0 Å². The zero-order valence-corrected chi connectivity index (χ0v) is 28.5. The number of aromatic nitrogens is 2. The van der Waals surface area contributed by atoms with E-state index < -0.39 is 5.41 Å². The van der Waals surface area contributed by atoms with Gasteiger partial charge in [-0.15, -0.1) is 0 Å². The van der Waals surface area contributed by atoms with Crippen LogP contribution in [0.1, 0.15) is 33.4 Å². The quantitative estimate of drug-likeness (QED) is 0.186. The van der Waals surface area contributed by atoms with E-state index in [1.165, 1.54) is 44.5 Å². The maximum Gasteiger partial charge on any atom is 0.0992 e. The third kappa shape index (κ3) is 4.60. The Morgan fingerprint density at radius 3 is 1.17 bits per heavy atom. The molecule has 0 saturated heterocycles. The lowest BCUT2D eigenvalue weighted by atomic mass is 9.70. The molecule has 0 amide bonds. The highest BCUT2D eigenvalue weighted by atomic mass is 14.7. The van der Waals surface area contributed by atoms with Crippen LogP contribution in [-0.2, 0) is 5.41 Å². The van der Waals surface area contributed by atoms with E-state index >= 15 is 0 Å². The van der Waals surface area contributed by atoms with Crippen molar-refractivity contribution in [2.75, 3.05) is 0 Å². The summed E-state index contributed by atoms with van der Waals surface area (Å²) in [5.41, 5.74) is 18.9. The van der Waals surface area contributed by atoms with E-state index in [2.05, 4.69) is 156 Å². The topological polar surface area (TPSA) is 73.4 Å². The van der Waals surface area contributed by atoms with Crippen LogP contribution in [0.15, 0.2) is 170 Å². The maximum absolute atomic E-state index is 9.40. The molecule has 2 aliphatic carbocycles. The molecule has 1 spiro atoms. The average Bonchev–Trinajstić information content (AvgIpc) is 3.70. The molecule has 2 aromatic heterocycles. The molecule has 2 aliphatic rings. The van der Waals surface area contributed by atoms with Gasteiger partial charge in [0.1, 0.15) is 0 Å². The van der Waals surface area contributed by atoms with Crippen LogP contribution in [0, 0.1) is 22.7 Å². The molecule has 0 saturated carbocycles. The van der Waals surface area contributed by atoms with Crippen molar-refractivity contribution < 1.29 is 0 Å². The van der Waals surface area contributed by atoms with Crippen LogP contribution in [0.3, 0.4) is 0 Å². The Labute approximate surface area is 307 Å². The molecule has 2 heterocycles. The molecule has 0 atom stereocenters. The summed E-state index contributed by atoms with van der Waals surface area (Å²) in [6.45, 7) is 0. The first-order chi connectivity index (χ1) is 26.1. The predicted octanol–water partition coefficient (Wildman–Crippen LogP) is 11.2. The van der Waals surface area contributed by atoms with Gasteiger partial charge >= 0.3 is 0 Å². The number of hydrogen-bond donors (Lipinski definition) is 0. The third-order valence-corrected chi connectivity index (χ3v) is 10.9. The molecular weight excluding hydrogens is 645 g/mol. The van der Waals surface area contributed by atoms with E-state index in [1.54, 1.807) is 24.5 Å². The fourth-order valence-electron chi connectivity index (χ4n) is 8.48. The molecule has 6 aromatic carbocycles. The molecule has 4 nitrogen and oxygen atoms in total. The Bertz CT molecular complexity index is 2660. The molecule has 0 unspecified atom stereocenters. The fourth-order valence-corrected chi connectivity index (χ4v) is 8.48. The lowest BCUT2D eigenvalue weighted by Gasteiger charge is -2.31. The van der Waals surface area contributed by atoms with Crippen molar-refractivity contribution in [3.8, 4) is 79.2 Å². The SMILES string of the molecule is N#Cc1ccnc(-c2ccc(-c3ccc4c(c3)C3(c5ccccc5-c5ccccc53)c3cc(-c5ccc(-c6cc(C#N)ccn6)cc5)ccc3-4)cc2)c1. The minimum atomic E-state index is -0.493. The summed E-state index contributed by atoms with van der Waals surface area (Å²) in [5.74, 6) is 0. The van der Waals surface area contributed by atoms with Gasteiger partial charge in [0, 0.05) is 23.5 Å². The molecule has 244 valence electrons. The monoisotopic (exact) mass is 672 g/mol. The van der Waals surface area contributed by atoms with Crippen LogP contribution in [-0.4, -0.2) is 9.97 Å². The maximum atomic E-state index is 9.40. The number of benzene rings is 6. The molecular formula is C49H28N4. The Balaban J connectivity index is 1.13. The van der Waals surface area contributed by atoms with Crippen LogP contribution in [0.5, 0.6) is 0 Å². The minimum absolute atomic E-state index is 0.493. The third-order valence-electron chi connectivity index (χ3n) is 10.9. The fraction of sp³-hybridized carbons (Fsp3) is 0.0204. The van der Waals surface area contributed by atoms with Crippen molar-refractivity contribution in [2.45, 2.75) is 5.41 Å². The lowest BCUT2D eigenvalue weighted by Crippen LogP contribution is -2.26. The Kier molecular flexibility index (Phi) is 6.80. The zero-order valence-electron chi connectivity index (χ0n) is 28.5. The van der Waals surface area contributed by atoms with Crippen LogP contribution in [0.2, 0.25) is 0 Å². The summed E-state index contributed by atoms with van der Waals surface area (Å²) >= 11 is 0. The van der Waals surface area contributed by atoms with Gasteiger partial charge < -0.3 is 0 Å². The molecule has 10 rings (SSSR count). The Hall–Kier alpha value is -7.40.